The maximum absolute atomic E-state index is 5.52. The summed E-state index contributed by atoms with van der Waals surface area (Å²) in [6.45, 7) is 4.57. The number of likely N-dealkylation sites (tertiary alicyclic amines) is 1. The normalized spacial score (nSPS) is 23.6. The SMILES string of the molecule is COc1ccc(CN2CCC(C3CCCN3)CC2)c(OC)c1. The molecular weight excluding hydrogens is 276 g/mol. The lowest BCUT2D eigenvalue weighted by Crippen LogP contribution is -2.40. The van der Waals surface area contributed by atoms with Crippen LogP contribution in [0.3, 0.4) is 0 Å². The predicted molar refractivity (Wildman–Crippen MR) is 88.6 cm³/mol. The van der Waals surface area contributed by atoms with E-state index in [9.17, 15) is 0 Å². The minimum Gasteiger partial charge on any atom is -0.497 e. The highest BCUT2D eigenvalue weighted by atomic mass is 16.5. The molecule has 2 aliphatic heterocycles. The van der Waals surface area contributed by atoms with Crippen LogP contribution < -0.4 is 14.8 Å². The van der Waals surface area contributed by atoms with Crippen LogP contribution in [0.4, 0.5) is 0 Å². The molecule has 1 aromatic carbocycles. The summed E-state index contributed by atoms with van der Waals surface area (Å²) in [4.78, 5) is 2.55. The maximum atomic E-state index is 5.52. The van der Waals surface area contributed by atoms with E-state index in [1.54, 1.807) is 14.2 Å². The molecule has 0 aliphatic carbocycles. The van der Waals surface area contributed by atoms with Gasteiger partial charge in [0.05, 0.1) is 14.2 Å². The third kappa shape index (κ3) is 3.55. The molecule has 0 amide bonds. The van der Waals surface area contributed by atoms with E-state index in [-0.39, 0.29) is 0 Å². The molecule has 1 atom stereocenters. The van der Waals surface area contributed by atoms with Gasteiger partial charge in [0.15, 0.2) is 0 Å². The van der Waals surface area contributed by atoms with Crippen LogP contribution in [0.15, 0.2) is 18.2 Å². The van der Waals surface area contributed by atoms with E-state index < -0.39 is 0 Å². The van der Waals surface area contributed by atoms with Crippen LogP contribution in [0.2, 0.25) is 0 Å². The van der Waals surface area contributed by atoms with E-state index in [4.69, 9.17) is 9.47 Å². The Kier molecular flexibility index (Phi) is 5.21. The number of piperidine rings is 1. The average Bonchev–Trinajstić information content (AvgIpc) is 3.10. The zero-order valence-corrected chi connectivity index (χ0v) is 13.8. The number of rotatable bonds is 5. The summed E-state index contributed by atoms with van der Waals surface area (Å²) in [5.41, 5.74) is 1.25. The van der Waals surface area contributed by atoms with Crippen molar-refractivity contribution in [3.05, 3.63) is 23.8 Å². The summed E-state index contributed by atoms with van der Waals surface area (Å²) in [6, 6.07) is 6.90. The van der Waals surface area contributed by atoms with Gasteiger partial charge >= 0.3 is 0 Å². The fourth-order valence-electron chi connectivity index (χ4n) is 3.85. The molecule has 4 heteroatoms. The van der Waals surface area contributed by atoms with Gasteiger partial charge in [0.2, 0.25) is 0 Å². The summed E-state index contributed by atoms with van der Waals surface area (Å²) < 4.78 is 10.8. The summed E-state index contributed by atoms with van der Waals surface area (Å²) in [5, 5.41) is 3.67. The first-order valence-electron chi connectivity index (χ1n) is 8.47. The predicted octanol–water partition coefficient (Wildman–Crippen LogP) is 2.67. The molecule has 2 heterocycles. The quantitative estimate of drug-likeness (QED) is 0.907. The van der Waals surface area contributed by atoms with Gasteiger partial charge in [-0.1, -0.05) is 6.07 Å². The van der Waals surface area contributed by atoms with Crippen LogP contribution in [0, 0.1) is 5.92 Å². The molecule has 0 bridgehead atoms. The van der Waals surface area contributed by atoms with E-state index in [0.29, 0.717) is 0 Å². The average molecular weight is 304 g/mol. The van der Waals surface area contributed by atoms with Crippen LogP contribution in [0.5, 0.6) is 11.5 Å². The van der Waals surface area contributed by atoms with Crippen LogP contribution in [-0.2, 0) is 6.54 Å². The van der Waals surface area contributed by atoms with E-state index in [2.05, 4.69) is 16.3 Å². The van der Waals surface area contributed by atoms with Crippen LogP contribution in [0.25, 0.3) is 0 Å². The molecule has 1 N–H and O–H groups in total. The monoisotopic (exact) mass is 304 g/mol. The number of nitrogens with one attached hydrogen (secondary N) is 1. The van der Waals surface area contributed by atoms with Gasteiger partial charge in [-0.15, -0.1) is 0 Å². The van der Waals surface area contributed by atoms with Crippen molar-refractivity contribution in [1.29, 1.82) is 0 Å². The van der Waals surface area contributed by atoms with Gasteiger partial charge in [-0.2, -0.15) is 0 Å². The van der Waals surface area contributed by atoms with Gasteiger partial charge in [-0.3, -0.25) is 4.90 Å². The van der Waals surface area contributed by atoms with Crippen LogP contribution in [-0.4, -0.2) is 44.8 Å². The van der Waals surface area contributed by atoms with E-state index in [0.717, 1.165) is 30.0 Å². The van der Waals surface area contributed by atoms with Crippen molar-refractivity contribution >= 4 is 0 Å². The molecular formula is C18H28N2O2. The first-order valence-corrected chi connectivity index (χ1v) is 8.47. The third-order valence-corrected chi connectivity index (χ3v) is 5.19. The van der Waals surface area contributed by atoms with E-state index in [1.165, 1.54) is 50.9 Å². The van der Waals surface area contributed by atoms with Crippen molar-refractivity contribution in [3.63, 3.8) is 0 Å². The van der Waals surface area contributed by atoms with Crippen molar-refractivity contribution in [1.82, 2.24) is 10.2 Å². The molecule has 4 nitrogen and oxygen atoms in total. The molecule has 0 radical (unpaired) electrons. The van der Waals surface area contributed by atoms with Gasteiger partial charge in [-0.05, 0) is 57.3 Å². The standard InChI is InChI=1S/C18H28N2O2/c1-21-16-6-5-15(18(12-16)22-2)13-20-10-7-14(8-11-20)17-4-3-9-19-17/h5-6,12,14,17,19H,3-4,7-11,13H2,1-2H3. The van der Waals surface area contributed by atoms with Gasteiger partial charge < -0.3 is 14.8 Å². The van der Waals surface area contributed by atoms with E-state index in [1.807, 2.05) is 12.1 Å². The number of ether oxygens (including phenoxy) is 2. The Balaban J connectivity index is 1.56. The topological polar surface area (TPSA) is 33.7 Å². The Morgan fingerprint density at radius 2 is 1.95 bits per heavy atom. The fraction of sp³-hybridized carbons (Fsp3) is 0.667. The highest BCUT2D eigenvalue weighted by Gasteiger charge is 2.28. The van der Waals surface area contributed by atoms with Gasteiger partial charge in [0, 0.05) is 24.2 Å². The molecule has 1 unspecified atom stereocenters. The zero-order valence-electron chi connectivity index (χ0n) is 13.8. The maximum Gasteiger partial charge on any atom is 0.127 e. The number of hydrogen-bond acceptors (Lipinski definition) is 4. The second-order valence-electron chi connectivity index (χ2n) is 6.49. The lowest BCUT2D eigenvalue weighted by atomic mass is 9.88. The smallest absolute Gasteiger partial charge is 0.127 e. The Morgan fingerprint density at radius 1 is 1.14 bits per heavy atom. The molecule has 2 saturated heterocycles. The Hall–Kier alpha value is -1.26. The summed E-state index contributed by atoms with van der Waals surface area (Å²) >= 11 is 0. The second-order valence-corrected chi connectivity index (χ2v) is 6.49. The fourth-order valence-corrected chi connectivity index (χ4v) is 3.85. The van der Waals surface area contributed by atoms with Crippen molar-refractivity contribution in [3.8, 4) is 11.5 Å². The number of nitrogens with zero attached hydrogens (tertiary/aromatic N) is 1. The zero-order chi connectivity index (χ0) is 15.4. The van der Waals surface area contributed by atoms with Crippen molar-refractivity contribution in [2.24, 2.45) is 5.92 Å². The summed E-state index contributed by atoms with van der Waals surface area (Å²) in [5.74, 6) is 2.65. The molecule has 2 fully saturated rings. The largest absolute Gasteiger partial charge is 0.497 e. The van der Waals surface area contributed by atoms with Gasteiger partial charge in [0.25, 0.3) is 0 Å². The van der Waals surface area contributed by atoms with Gasteiger partial charge in [0.1, 0.15) is 11.5 Å². The van der Waals surface area contributed by atoms with Crippen molar-refractivity contribution < 1.29 is 9.47 Å². The van der Waals surface area contributed by atoms with E-state index >= 15 is 0 Å². The lowest BCUT2D eigenvalue weighted by Gasteiger charge is -2.35. The van der Waals surface area contributed by atoms with Gasteiger partial charge in [-0.25, -0.2) is 0 Å². The molecule has 1 aromatic rings. The third-order valence-electron chi connectivity index (χ3n) is 5.19. The molecule has 0 aromatic heterocycles. The highest BCUT2D eigenvalue weighted by molar-refractivity contribution is 5.40. The number of benzene rings is 1. The Bertz CT molecular complexity index is 478. The highest BCUT2D eigenvalue weighted by Crippen LogP contribution is 2.29. The first-order chi connectivity index (χ1) is 10.8. The molecule has 122 valence electrons. The Morgan fingerprint density at radius 3 is 2.59 bits per heavy atom. The molecule has 0 spiro atoms. The number of methoxy groups -OCH3 is 2. The first kappa shape index (κ1) is 15.6. The summed E-state index contributed by atoms with van der Waals surface area (Å²) in [7, 11) is 3.42. The molecule has 22 heavy (non-hydrogen) atoms. The van der Waals surface area contributed by atoms with Crippen LogP contribution >= 0.6 is 0 Å². The van der Waals surface area contributed by atoms with Crippen molar-refractivity contribution in [2.75, 3.05) is 33.9 Å². The minimum absolute atomic E-state index is 0.776. The molecule has 3 rings (SSSR count). The lowest BCUT2D eigenvalue weighted by molar-refractivity contribution is 0.156. The minimum atomic E-state index is 0.776. The van der Waals surface area contributed by atoms with Crippen molar-refractivity contribution in [2.45, 2.75) is 38.3 Å². The number of hydrogen-bond donors (Lipinski definition) is 1. The Labute approximate surface area is 133 Å². The molecule has 2 aliphatic rings. The molecule has 0 saturated carbocycles. The van der Waals surface area contributed by atoms with Crippen LogP contribution in [0.1, 0.15) is 31.2 Å². The summed E-state index contributed by atoms with van der Waals surface area (Å²) in [6.07, 6.45) is 5.36. The second kappa shape index (κ2) is 7.34.